The molecule has 0 rings (SSSR count). The van der Waals surface area contributed by atoms with E-state index in [1.165, 1.54) is 6.19 Å². The van der Waals surface area contributed by atoms with Gasteiger partial charge in [0.25, 0.3) is 0 Å². The van der Waals surface area contributed by atoms with Crippen LogP contribution in [0, 0.1) is 11.5 Å². The Bertz CT molecular complexity index is 153. The molecule has 0 aromatic heterocycles. The van der Waals surface area contributed by atoms with Crippen LogP contribution in [0.25, 0.3) is 0 Å². The molecule has 0 aliphatic heterocycles. The van der Waals surface area contributed by atoms with E-state index >= 15 is 0 Å². The van der Waals surface area contributed by atoms with Gasteiger partial charge in [0.2, 0.25) is 12.2 Å². The molecule has 0 aliphatic carbocycles. The largest absolute Gasteiger partial charge is 0.351 e. The Hall–Kier alpha value is -1.50. The van der Waals surface area contributed by atoms with Crippen molar-refractivity contribution >= 4 is 5.96 Å². The molecule has 0 atom stereocenters. The highest BCUT2D eigenvalue weighted by Crippen LogP contribution is 1.64. The Morgan fingerprint density at radius 2 is 2.67 bits per heavy atom. The van der Waals surface area contributed by atoms with Crippen molar-refractivity contribution in [1.29, 1.82) is 5.26 Å². The van der Waals surface area contributed by atoms with Gasteiger partial charge in [0.05, 0.1) is 0 Å². The van der Waals surface area contributed by atoms with Gasteiger partial charge >= 0.3 is 0 Å². The van der Waals surface area contributed by atoms with Gasteiger partial charge in [0.1, 0.15) is 0 Å². The predicted octanol–water partition coefficient (Wildman–Crippen LogP) is -0.118. The summed E-state index contributed by atoms with van der Waals surface area (Å²) in [7, 11) is 0. The number of hydrogen-bond donors (Lipinski definition) is 1. The average Bonchev–Trinajstić information content (AvgIpc) is 1.85. The molecule has 0 amide bonds. The van der Waals surface area contributed by atoms with Crippen LogP contribution in [0.2, 0.25) is 0 Å². The zero-order valence-electron chi connectivity index (χ0n) is 4.89. The molecule has 2 N–H and O–H groups in total. The Morgan fingerprint density at radius 3 is 3.11 bits per heavy atom. The van der Waals surface area contributed by atoms with E-state index in [4.69, 9.17) is 11.0 Å². The fraction of sp³-hybridized carbons (Fsp3) is 0.200. The number of aliphatic imine (C=N–C) groups is 1. The maximum absolute atomic E-state index is 7.91. The first kappa shape index (κ1) is 7.50. The van der Waals surface area contributed by atoms with Crippen molar-refractivity contribution in [2.24, 2.45) is 4.99 Å². The van der Waals surface area contributed by atoms with E-state index in [0.717, 1.165) is 0 Å². The highest BCUT2D eigenvalue weighted by atomic mass is 15.1. The normalized spacial score (nSPS) is 9.89. The first-order valence-electron chi connectivity index (χ1n) is 2.34. The van der Waals surface area contributed by atoms with Gasteiger partial charge in [-0.2, -0.15) is 5.26 Å². The van der Waals surface area contributed by atoms with E-state index < -0.39 is 0 Å². The van der Waals surface area contributed by atoms with Gasteiger partial charge < -0.3 is 5.32 Å². The lowest BCUT2D eigenvalue weighted by molar-refractivity contribution is 1.02. The molecule has 0 fully saturated rings. The van der Waals surface area contributed by atoms with Crippen molar-refractivity contribution < 1.29 is 0 Å². The van der Waals surface area contributed by atoms with Crippen molar-refractivity contribution in [3.8, 4) is 6.19 Å². The summed E-state index contributed by atoms with van der Waals surface area (Å²) in [5.74, 6) is -0.127. The van der Waals surface area contributed by atoms with Crippen LogP contribution < -0.4 is 11.1 Å². The quantitative estimate of drug-likeness (QED) is 0.240. The predicted molar refractivity (Wildman–Crippen MR) is 34.3 cm³/mol. The molecule has 47 valence electrons. The van der Waals surface area contributed by atoms with Crippen molar-refractivity contribution in [2.75, 3.05) is 6.54 Å². The highest BCUT2D eigenvalue weighted by molar-refractivity contribution is 5.77. The Labute approximate surface area is 53.7 Å². The maximum Gasteiger partial charge on any atom is 0.226 e. The van der Waals surface area contributed by atoms with Crippen molar-refractivity contribution in [3.05, 3.63) is 12.7 Å². The third kappa shape index (κ3) is 4.35. The second kappa shape index (κ2) is 4.65. The van der Waals surface area contributed by atoms with Gasteiger partial charge in [-0.1, -0.05) is 6.08 Å². The van der Waals surface area contributed by atoms with Crippen molar-refractivity contribution in [3.63, 3.8) is 0 Å². The number of guanidine groups is 1. The molecule has 1 radical (unpaired) electrons. The minimum atomic E-state index is -0.127. The zero-order valence-corrected chi connectivity index (χ0v) is 4.89. The summed E-state index contributed by atoms with van der Waals surface area (Å²) in [5, 5.41) is 10.4. The van der Waals surface area contributed by atoms with Gasteiger partial charge in [-0.15, -0.1) is 11.6 Å². The molecule has 0 aromatic rings. The first-order chi connectivity index (χ1) is 4.31. The summed E-state index contributed by atoms with van der Waals surface area (Å²) in [4.78, 5) is 3.09. The van der Waals surface area contributed by atoms with Gasteiger partial charge in [0, 0.05) is 6.54 Å². The van der Waals surface area contributed by atoms with Crippen LogP contribution in [0.15, 0.2) is 17.6 Å². The molecule has 0 heterocycles. The number of nitrogens with one attached hydrogen (secondary N) is 2. The van der Waals surface area contributed by atoms with Gasteiger partial charge in [-0.25, -0.2) is 0 Å². The smallest absolute Gasteiger partial charge is 0.226 e. The first-order valence-corrected chi connectivity index (χ1v) is 2.34. The SMILES string of the molecule is C=CCNC([NH])=NC#N. The van der Waals surface area contributed by atoms with Crippen molar-refractivity contribution in [1.82, 2.24) is 11.1 Å². The molecule has 0 bridgehead atoms. The van der Waals surface area contributed by atoms with Gasteiger partial charge in [0.15, 0.2) is 0 Å². The van der Waals surface area contributed by atoms with Crippen LogP contribution in [0.1, 0.15) is 0 Å². The van der Waals surface area contributed by atoms with Crippen molar-refractivity contribution in [2.45, 2.75) is 0 Å². The molecule has 9 heavy (non-hydrogen) atoms. The van der Waals surface area contributed by atoms with E-state index in [1.807, 2.05) is 0 Å². The summed E-state index contributed by atoms with van der Waals surface area (Å²) >= 11 is 0. The summed E-state index contributed by atoms with van der Waals surface area (Å²) in [6.07, 6.45) is 3.06. The van der Waals surface area contributed by atoms with E-state index in [-0.39, 0.29) is 5.96 Å². The third-order valence-electron chi connectivity index (χ3n) is 0.576. The lowest BCUT2D eigenvalue weighted by Gasteiger charge is -1.94. The molecule has 0 aromatic carbocycles. The van der Waals surface area contributed by atoms with Gasteiger partial charge in [-0.05, 0) is 0 Å². The lowest BCUT2D eigenvalue weighted by Crippen LogP contribution is -2.23. The Balaban J connectivity index is 3.52. The minimum absolute atomic E-state index is 0.127. The fourth-order valence-corrected chi connectivity index (χ4v) is 0.258. The fourth-order valence-electron chi connectivity index (χ4n) is 0.258. The van der Waals surface area contributed by atoms with Crippen LogP contribution in [0.5, 0.6) is 0 Å². The standard InChI is InChI=1S/C5H7N4/c1-2-3-8-5(7)9-4-6/h2,7H,1,3H2,(H,8,9). The number of rotatable bonds is 2. The number of nitriles is 1. The zero-order chi connectivity index (χ0) is 7.11. The van der Waals surface area contributed by atoms with Crippen LogP contribution >= 0.6 is 0 Å². The molecule has 4 nitrogen and oxygen atoms in total. The van der Waals surface area contributed by atoms with Crippen LogP contribution in [0.4, 0.5) is 0 Å². The molecule has 4 heteroatoms. The summed E-state index contributed by atoms with van der Waals surface area (Å²) in [6.45, 7) is 3.87. The number of hydrogen-bond acceptors (Lipinski definition) is 2. The average molecular weight is 123 g/mol. The molecule has 0 spiro atoms. The molecule has 0 unspecified atom stereocenters. The molecule has 0 saturated carbocycles. The third-order valence-corrected chi connectivity index (χ3v) is 0.576. The van der Waals surface area contributed by atoms with E-state index in [0.29, 0.717) is 6.54 Å². The molecular weight excluding hydrogens is 116 g/mol. The summed E-state index contributed by atoms with van der Waals surface area (Å²) < 4.78 is 0. The number of nitrogens with zero attached hydrogens (tertiary/aromatic N) is 2. The second-order valence-corrected chi connectivity index (χ2v) is 1.23. The summed E-state index contributed by atoms with van der Waals surface area (Å²) in [5.41, 5.74) is 6.84. The monoisotopic (exact) mass is 123 g/mol. The molecular formula is C5H7N4. The summed E-state index contributed by atoms with van der Waals surface area (Å²) in [6, 6.07) is 0. The second-order valence-electron chi connectivity index (χ2n) is 1.23. The Morgan fingerprint density at radius 1 is 2.00 bits per heavy atom. The molecule has 0 saturated heterocycles. The maximum atomic E-state index is 7.91. The van der Waals surface area contributed by atoms with Crippen LogP contribution in [0.3, 0.4) is 0 Å². The van der Waals surface area contributed by atoms with Crippen LogP contribution in [-0.4, -0.2) is 12.5 Å². The molecule has 0 aliphatic rings. The van der Waals surface area contributed by atoms with Crippen LogP contribution in [-0.2, 0) is 0 Å². The highest BCUT2D eigenvalue weighted by Gasteiger charge is 1.84. The van der Waals surface area contributed by atoms with E-state index in [9.17, 15) is 0 Å². The van der Waals surface area contributed by atoms with Gasteiger partial charge in [-0.3, -0.25) is 5.73 Å². The lowest BCUT2D eigenvalue weighted by atomic mass is 10.6. The topological polar surface area (TPSA) is 72.0 Å². The van der Waals surface area contributed by atoms with E-state index in [1.54, 1.807) is 6.08 Å². The Kier molecular flexibility index (Phi) is 3.88. The minimum Gasteiger partial charge on any atom is -0.351 e. The van der Waals surface area contributed by atoms with E-state index in [2.05, 4.69) is 16.9 Å².